The quantitative estimate of drug-likeness (QED) is 0.0373. The molecule has 93 heavy (non-hydrogen) atoms. The predicted molar refractivity (Wildman–Crippen MR) is 327 cm³/mol. The van der Waals surface area contributed by atoms with Gasteiger partial charge >= 0.3 is 12.1 Å². The molecule has 4 aliphatic carbocycles. The SMILES string of the molecule is COC(=O)NC1C(C)OC(OC2C/C=C(/C)C3C=CC4C(OC5CC(OC6CC(OC7CC(O)C(O)C(C)O7)C(OC7CC(O)C(OC)C(C)O7)C(C)O6)C(O)C(C)O5)C(C)CC(C)C4C3(C)/C(O)=C3\C(=O)OC4(CC(C)C(CO)=CC4/C=C\2C)C3=O)CC1(C)[N+](=O)[O-]. The van der Waals surface area contributed by atoms with E-state index in [9.17, 15) is 50.3 Å². The Hall–Kier alpha value is -4.33. The number of nitrogens with zero attached hydrogens (tertiary/aromatic N) is 1. The van der Waals surface area contributed by atoms with Crippen LogP contribution in [0.4, 0.5) is 4.79 Å². The number of hydrogen-bond donors (Lipinski definition) is 7. The lowest BCUT2D eigenvalue weighted by atomic mass is 9.49. The number of esters is 1. The molecule has 26 heteroatoms. The Labute approximate surface area is 543 Å². The molecule has 7 N–H and O–H groups in total. The minimum Gasteiger partial charge on any atom is -0.511 e. The van der Waals surface area contributed by atoms with Gasteiger partial charge in [0.15, 0.2) is 37.1 Å². The fourth-order valence-corrected chi connectivity index (χ4v) is 17.2. The zero-order valence-corrected chi connectivity index (χ0v) is 55.9. The standard InChI is InChI=1S/C67H100N2O24/c1-29-15-18-45(88-52-27-65(11,69(79)80)60(38(10)87-52)68-64(78)82-14)30(2)20-40-21-39(28-70)33(5)26-67(40)62(76)53(63(77)93-67)61(75)66(12)42(29)17-16-41-54(66)31(3)19-32(4)57(41)91-51-24-46(56(74)35(7)84-51)89-50-25-47(90-48-22-43(71)55(73)34(6)83-48)59(37(9)86-50)92-49-23-44(72)58(81-13)36(8)85-49/h15-17,20-21,31-38,40-52,54-60,70-75H,18-19,22-28H2,1-14H3,(H,68,78)/b29-15-,30-20-,61-53+. The summed E-state index contributed by atoms with van der Waals surface area (Å²) in [6, 6.07) is -1.09. The van der Waals surface area contributed by atoms with E-state index < -0.39 is 209 Å². The molecule has 0 radical (unpaired) electrons. The van der Waals surface area contributed by atoms with Crippen LogP contribution in [0.15, 0.2) is 58.4 Å². The van der Waals surface area contributed by atoms with E-state index in [4.69, 9.17) is 61.6 Å². The number of methoxy groups -OCH3 is 2. The Morgan fingerprint density at radius 2 is 1.28 bits per heavy atom. The largest absolute Gasteiger partial charge is 0.511 e. The highest BCUT2D eigenvalue weighted by Gasteiger charge is 2.64. The van der Waals surface area contributed by atoms with Gasteiger partial charge in [-0.3, -0.25) is 14.9 Å². The molecule has 26 nitrogen and oxygen atoms in total. The molecule has 0 aromatic rings. The number of carbonyl (C=O) groups is 3. The summed E-state index contributed by atoms with van der Waals surface area (Å²) >= 11 is 0. The Morgan fingerprint density at radius 3 is 1.92 bits per heavy atom. The highest BCUT2D eigenvalue weighted by Crippen LogP contribution is 2.61. The number of nitrogens with one attached hydrogen (secondary N) is 1. The Morgan fingerprint density at radius 1 is 0.688 bits per heavy atom. The summed E-state index contributed by atoms with van der Waals surface area (Å²) in [4.78, 5) is 55.4. The number of carbonyl (C=O) groups excluding carboxylic acids is 3. The van der Waals surface area contributed by atoms with Gasteiger partial charge in [-0.25, -0.2) is 9.59 Å². The van der Waals surface area contributed by atoms with Gasteiger partial charge in [-0.15, -0.1) is 0 Å². The van der Waals surface area contributed by atoms with Gasteiger partial charge in [0.2, 0.25) is 11.3 Å². The highest BCUT2D eigenvalue weighted by molar-refractivity contribution is 6.26. The lowest BCUT2D eigenvalue weighted by Crippen LogP contribution is -2.65. The van der Waals surface area contributed by atoms with E-state index in [1.165, 1.54) is 14.0 Å². The van der Waals surface area contributed by atoms with Crippen LogP contribution < -0.4 is 5.32 Å². The molecule has 522 valence electrons. The van der Waals surface area contributed by atoms with Crippen LogP contribution in [0.1, 0.15) is 134 Å². The Balaban J connectivity index is 0.943. The number of Topliss-reactive ketones (excluding diaryl/α,β-unsaturated/α-hetero) is 1. The number of ketones is 1. The van der Waals surface area contributed by atoms with Crippen molar-refractivity contribution in [3.05, 3.63) is 68.5 Å². The minimum absolute atomic E-state index is 0.00999. The maximum Gasteiger partial charge on any atom is 0.407 e. The van der Waals surface area contributed by atoms with E-state index in [1.54, 1.807) is 53.7 Å². The molecular weight excluding hydrogens is 1220 g/mol. The van der Waals surface area contributed by atoms with Crippen molar-refractivity contribution >= 4 is 17.8 Å². The summed E-state index contributed by atoms with van der Waals surface area (Å²) in [5.74, 6) is -5.33. The van der Waals surface area contributed by atoms with Gasteiger partial charge in [0.25, 0.3) is 0 Å². The number of nitro groups is 1. The first-order valence-corrected chi connectivity index (χ1v) is 33.2. The average molecular weight is 1320 g/mol. The number of ether oxygens (including phenoxy) is 13. The van der Waals surface area contributed by atoms with Gasteiger partial charge in [0, 0.05) is 74.2 Å². The van der Waals surface area contributed by atoms with Crippen LogP contribution in [0, 0.1) is 57.0 Å². The zero-order valence-electron chi connectivity index (χ0n) is 55.9. The molecule has 6 saturated heterocycles. The number of alkyl carbamates (subject to hydrolysis) is 1. The number of fused-ring (bicyclic) bond motifs is 4. The van der Waals surface area contributed by atoms with Crippen molar-refractivity contribution in [1.29, 1.82) is 0 Å². The van der Waals surface area contributed by atoms with Gasteiger partial charge in [0.05, 0.1) is 87.3 Å². The molecule has 31 unspecified atom stereocenters. The second-order valence-electron chi connectivity index (χ2n) is 28.6. The van der Waals surface area contributed by atoms with Crippen LogP contribution in [0.5, 0.6) is 0 Å². The van der Waals surface area contributed by atoms with Crippen molar-refractivity contribution in [3.63, 3.8) is 0 Å². The number of aliphatic hydroxyl groups is 6. The van der Waals surface area contributed by atoms with Crippen molar-refractivity contribution in [2.24, 2.45) is 46.8 Å². The molecule has 6 heterocycles. The number of allylic oxidation sites excluding steroid dienone is 3. The highest BCUT2D eigenvalue weighted by atomic mass is 16.8. The normalized spacial score (nSPS) is 49.9. The third-order valence-electron chi connectivity index (χ3n) is 22.3. The molecule has 2 bridgehead atoms. The third-order valence-corrected chi connectivity index (χ3v) is 22.3. The van der Waals surface area contributed by atoms with Gasteiger partial charge < -0.3 is 97.5 Å². The minimum atomic E-state index is -1.84. The fraction of sp³-hybridized carbons (Fsp3) is 0.806. The van der Waals surface area contributed by atoms with Gasteiger partial charge in [-0.1, -0.05) is 63.6 Å². The molecular formula is C67H100N2O24. The first-order valence-electron chi connectivity index (χ1n) is 33.2. The molecule has 7 fully saturated rings. The zero-order chi connectivity index (χ0) is 67.7. The average Bonchev–Trinajstić information content (AvgIpc) is 1.70. The summed E-state index contributed by atoms with van der Waals surface area (Å²) in [6.45, 7) is 21.2. The van der Waals surface area contributed by atoms with E-state index in [2.05, 4.69) is 25.2 Å². The molecule has 31 atom stereocenters. The summed E-state index contributed by atoms with van der Waals surface area (Å²) in [7, 11) is 2.66. The number of rotatable bonds is 14. The maximum absolute atomic E-state index is 15.7. The van der Waals surface area contributed by atoms with Crippen molar-refractivity contribution in [1.82, 2.24) is 5.32 Å². The molecule has 0 aromatic carbocycles. The summed E-state index contributed by atoms with van der Waals surface area (Å²) in [6.07, 6.45) is -8.05. The first kappa shape index (κ1) is 71.4. The van der Waals surface area contributed by atoms with Crippen LogP contribution in [0.3, 0.4) is 0 Å². The van der Waals surface area contributed by atoms with Gasteiger partial charge in [-0.2, -0.15) is 0 Å². The smallest absolute Gasteiger partial charge is 0.407 e. The van der Waals surface area contributed by atoms with Crippen molar-refractivity contribution < 1.29 is 112 Å². The number of aliphatic hydroxyl groups excluding tert-OH is 6. The predicted octanol–water partition coefficient (Wildman–Crippen LogP) is 5.45. The molecule has 6 aliphatic heterocycles. The van der Waals surface area contributed by atoms with Crippen LogP contribution in [-0.2, 0) is 71.2 Å². The van der Waals surface area contributed by atoms with Gasteiger partial charge in [-0.05, 0) is 96.1 Å². The van der Waals surface area contributed by atoms with Crippen LogP contribution in [-0.4, -0.2) is 214 Å². The van der Waals surface area contributed by atoms with E-state index >= 15 is 4.79 Å². The van der Waals surface area contributed by atoms with Crippen LogP contribution in [0.2, 0.25) is 0 Å². The topological polar surface area (TPSA) is 348 Å². The van der Waals surface area contributed by atoms with E-state index in [1.807, 2.05) is 32.9 Å². The van der Waals surface area contributed by atoms with Crippen LogP contribution in [0.25, 0.3) is 0 Å². The van der Waals surface area contributed by atoms with Crippen LogP contribution >= 0.6 is 0 Å². The first-order chi connectivity index (χ1) is 43.9. The van der Waals surface area contributed by atoms with Crippen molar-refractivity contribution in [3.8, 4) is 0 Å². The van der Waals surface area contributed by atoms with Crippen molar-refractivity contribution in [2.75, 3.05) is 20.8 Å². The third kappa shape index (κ3) is 13.7. The van der Waals surface area contributed by atoms with Crippen molar-refractivity contribution in [2.45, 2.75) is 275 Å². The summed E-state index contributed by atoms with van der Waals surface area (Å²) < 4.78 is 82.0. The Bertz CT molecular complexity index is 2880. The molecule has 10 rings (SSSR count). The molecule has 1 spiro atoms. The Kier molecular flexibility index (Phi) is 21.7. The molecule has 1 saturated carbocycles. The fourth-order valence-electron chi connectivity index (χ4n) is 17.2. The lowest BCUT2D eigenvalue weighted by Gasteiger charge is -2.56. The summed E-state index contributed by atoms with van der Waals surface area (Å²) in [5.41, 5.74) is -3.49. The summed E-state index contributed by atoms with van der Waals surface area (Å²) in [5, 5.41) is 83.6. The monoisotopic (exact) mass is 1320 g/mol. The van der Waals surface area contributed by atoms with E-state index in [0.29, 0.717) is 17.6 Å². The molecule has 0 aromatic heterocycles. The van der Waals surface area contributed by atoms with Gasteiger partial charge in [0.1, 0.15) is 41.8 Å². The molecule has 1 amide bonds. The van der Waals surface area contributed by atoms with E-state index in [-0.39, 0.29) is 63.4 Å². The maximum atomic E-state index is 15.7. The second kappa shape index (κ2) is 28.3. The second-order valence-corrected chi connectivity index (χ2v) is 28.6. The lowest BCUT2D eigenvalue weighted by molar-refractivity contribution is -0.584. The number of hydrogen-bond acceptors (Lipinski definition) is 24. The van der Waals surface area contributed by atoms with E-state index in [0.717, 1.165) is 12.7 Å². The number of amides is 1. The molecule has 10 aliphatic rings.